The maximum Gasteiger partial charge on any atom is 0.305 e. The van der Waals surface area contributed by atoms with Crippen LogP contribution in [-0.2, 0) is 26.4 Å². The van der Waals surface area contributed by atoms with E-state index in [1.165, 1.54) is 33.2 Å². The van der Waals surface area contributed by atoms with E-state index >= 15 is 0 Å². The number of aromatic nitrogens is 4. The molecule has 1 saturated heterocycles. The van der Waals surface area contributed by atoms with Crippen LogP contribution in [0.1, 0.15) is 55.6 Å². The van der Waals surface area contributed by atoms with Crippen molar-refractivity contribution in [3.05, 3.63) is 119 Å². The van der Waals surface area contributed by atoms with Crippen molar-refractivity contribution in [2.24, 2.45) is 0 Å². The predicted molar refractivity (Wildman–Crippen MR) is 169 cm³/mol. The summed E-state index contributed by atoms with van der Waals surface area (Å²) in [4.78, 5) is 28.1. The van der Waals surface area contributed by atoms with Crippen LogP contribution in [0.2, 0.25) is 0 Å². The van der Waals surface area contributed by atoms with Gasteiger partial charge in [-0.3, -0.25) is 14.5 Å². The maximum atomic E-state index is 12.3. The highest BCUT2D eigenvalue weighted by atomic mass is 32.2. The number of aryl methyl sites for hydroxylation is 1. The number of piperidine rings is 1. The quantitative estimate of drug-likeness (QED) is 0.160. The number of thioether (sulfide) groups is 1. The average molecular weight is 596 g/mol. The lowest BCUT2D eigenvalue weighted by atomic mass is 9.74. The van der Waals surface area contributed by atoms with Crippen molar-refractivity contribution in [2.45, 2.75) is 50.4 Å². The van der Waals surface area contributed by atoms with E-state index in [1.807, 2.05) is 24.3 Å². The number of nitrogens with zero attached hydrogens (tertiary/aromatic N) is 5. The fraction of sp³-hybridized carbons (Fsp3) is 0.324. The van der Waals surface area contributed by atoms with E-state index in [0.29, 0.717) is 38.4 Å². The van der Waals surface area contributed by atoms with Gasteiger partial charge in [0.2, 0.25) is 0 Å². The average Bonchev–Trinajstić information content (AvgIpc) is 3.47. The largest absolute Gasteiger partial charge is 0.466 e. The third-order valence-corrected chi connectivity index (χ3v) is 8.79. The summed E-state index contributed by atoms with van der Waals surface area (Å²) in [6.07, 6.45) is 3.64. The van der Waals surface area contributed by atoms with Crippen molar-refractivity contribution in [3.63, 3.8) is 0 Å². The molecule has 1 aromatic heterocycles. The van der Waals surface area contributed by atoms with Gasteiger partial charge in [-0.2, -0.15) is 4.80 Å². The fourth-order valence-electron chi connectivity index (χ4n) is 5.88. The molecule has 2 heterocycles. The molecule has 0 bridgehead atoms. The molecule has 0 N–H and O–H groups in total. The number of carbonyl (C=O) groups excluding carboxylic acids is 2. The van der Waals surface area contributed by atoms with Crippen molar-refractivity contribution in [3.8, 4) is 0 Å². The normalized spacial score (nSPS) is 16.7. The van der Waals surface area contributed by atoms with Gasteiger partial charge in [0.1, 0.15) is 0 Å². The second kappa shape index (κ2) is 14.4. The molecule has 4 aromatic rings. The van der Waals surface area contributed by atoms with Crippen LogP contribution in [0, 0.1) is 0 Å². The number of ether oxygens (including phenoxy) is 1. The summed E-state index contributed by atoms with van der Waals surface area (Å²) < 4.78 is 5.01. The van der Waals surface area contributed by atoms with Gasteiger partial charge in [-0.05, 0) is 53.3 Å². The molecule has 0 radical (unpaired) electrons. The Balaban J connectivity index is 1.52. The summed E-state index contributed by atoms with van der Waals surface area (Å²) in [6, 6.07) is 31.9. The van der Waals surface area contributed by atoms with Crippen molar-refractivity contribution >= 4 is 28.9 Å². The molecule has 222 valence electrons. The number of tetrazole rings is 1. The summed E-state index contributed by atoms with van der Waals surface area (Å²) in [7, 11) is 0. The highest BCUT2D eigenvalue weighted by Gasteiger charge is 2.44. The third-order valence-electron chi connectivity index (χ3n) is 7.63. The molecule has 43 heavy (non-hydrogen) atoms. The topological polar surface area (TPSA) is 90.2 Å². The maximum absolute atomic E-state index is 12.3. The summed E-state index contributed by atoms with van der Waals surface area (Å²) in [5, 5.41) is 13.2. The Morgan fingerprint density at radius 3 is 2.07 bits per heavy atom. The molecule has 1 unspecified atom stereocenters. The Labute approximate surface area is 257 Å². The molecule has 0 spiro atoms. The molecular formula is C34H37N5O3S. The zero-order valence-corrected chi connectivity index (χ0v) is 25.5. The minimum Gasteiger partial charge on any atom is -0.466 e. The number of hydrogen-bond acceptors (Lipinski definition) is 8. The standard InChI is InChI=1S/C34H37N5O3S/c1-3-42-33(41)20-13-22-39-36-32(35-37-39)24-27-25-38(23-21-31(27)43-26(2)40)34(28-14-7-4-8-15-28,29-16-9-5-10-17-29)30-18-11-6-12-19-30/h4-12,14-19,24,31H,3,13,20-23,25H2,1-2H3/b27-24-. The van der Waals surface area contributed by atoms with E-state index in [9.17, 15) is 9.59 Å². The molecule has 1 aliphatic heterocycles. The molecule has 0 saturated carbocycles. The van der Waals surface area contributed by atoms with E-state index in [1.54, 1.807) is 13.8 Å². The minimum atomic E-state index is -0.563. The predicted octanol–water partition coefficient (Wildman–Crippen LogP) is 5.75. The highest BCUT2D eigenvalue weighted by Crippen LogP contribution is 2.45. The van der Waals surface area contributed by atoms with Gasteiger partial charge in [-0.1, -0.05) is 103 Å². The van der Waals surface area contributed by atoms with Crippen molar-refractivity contribution in [1.82, 2.24) is 25.1 Å². The van der Waals surface area contributed by atoms with Gasteiger partial charge in [0.15, 0.2) is 10.9 Å². The van der Waals surface area contributed by atoms with Crippen LogP contribution in [0.25, 0.3) is 6.08 Å². The zero-order valence-electron chi connectivity index (χ0n) is 24.6. The van der Waals surface area contributed by atoms with Crippen LogP contribution >= 0.6 is 11.8 Å². The Morgan fingerprint density at radius 2 is 1.53 bits per heavy atom. The highest BCUT2D eigenvalue weighted by molar-refractivity contribution is 8.14. The van der Waals surface area contributed by atoms with Crippen molar-refractivity contribution in [2.75, 3.05) is 19.7 Å². The summed E-state index contributed by atoms with van der Waals surface area (Å²) >= 11 is 1.36. The Bertz CT molecular complexity index is 1430. The van der Waals surface area contributed by atoms with Gasteiger partial charge < -0.3 is 4.74 Å². The molecule has 0 amide bonds. The molecule has 0 aliphatic carbocycles. The second-order valence-electron chi connectivity index (χ2n) is 10.5. The Hall–Kier alpha value is -4.08. The molecule has 1 fully saturated rings. The first kappa shape index (κ1) is 30.4. The lowest BCUT2D eigenvalue weighted by Crippen LogP contribution is -2.52. The van der Waals surface area contributed by atoms with Crippen LogP contribution in [0.3, 0.4) is 0 Å². The molecule has 9 heteroatoms. The van der Waals surface area contributed by atoms with Crippen LogP contribution in [0.4, 0.5) is 0 Å². The van der Waals surface area contributed by atoms with E-state index in [-0.39, 0.29) is 16.3 Å². The number of carbonyl (C=O) groups is 2. The van der Waals surface area contributed by atoms with Gasteiger partial charge in [-0.15, -0.1) is 10.2 Å². The van der Waals surface area contributed by atoms with Crippen LogP contribution in [-0.4, -0.2) is 61.1 Å². The first-order chi connectivity index (χ1) is 21.0. The van der Waals surface area contributed by atoms with Crippen LogP contribution < -0.4 is 0 Å². The second-order valence-corrected chi connectivity index (χ2v) is 11.9. The van der Waals surface area contributed by atoms with Crippen molar-refractivity contribution < 1.29 is 14.3 Å². The summed E-state index contributed by atoms with van der Waals surface area (Å²) in [5.41, 5.74) is 4.04. The van der Waals surface area contributed by atoms with E-state index < -0.39 is 5.54 Å². The first-order valence-electron chi connectivity index (χ1n) is 14.7. The molecule has 5 rings (SSSR count). The van der Waals surface area contributed by atoms with E-state index in [4.69, 9.17) is 4.74 Å². The Morgan fingerprint density at radius 1 is 0.953 bits per heavy atom. The van der Waals surface area contributed by atoms with Gasteiger partial charge >= 0.3 is 5.97 Å². The number of likely N-dealkylation sites (tertiary alicyclic amines) is 1. The van der Waals surface area contributed by atoms with Gasteiger partial charge in [0, 0.05) is 31.7 Å². The zero-order chi connectivity index (χ0) is 30.1. The fourth-order valence-corrected chi connectivity index (χ4v) is 6.80. The number of rotatable bonds is 11. The number of hydrogen-bond donors (Lipinski definition) is 0. The monoisotopic (exact) mass is 595 g/mol. The SMILES string of the molecule is CCOC(=O)CCCn1nnc(/C=C2/CN(C(c3ccccc3)(c3ccccc3)c3ccccc3)CCC2SC(C)=O)n1. The number of benzene rings is 3. The van der Waals surface area contributed by atoms with Crippen molar-refractivity contribution in [1.29, 1.82) is 0 Å². The molecule has 1 aliphatic rings. The summed E-state index contributed by atoms with van der Waals surface area (Å²) in [5.74, 6) is 0.266. The van der Waals surface area contributed by atoms with E-state index in [0.717, 1.165) is 18.5 Å². The first-order valence-corrected chi connectivity index (χ1v) is 15.6. The molecular weight excluding hydrogens is 558 g/mol. The minimum absolute atomic E-state index is 0.00420. The molecule has 3 aromatic carbocycles. The third kappa shape index (κ3) is 7.12. The van der Waals surface area contributed by atoms with Crippen LogP contribution in [0.5, 0.6) is 0 Å². The number of esters is 1. The lowest BCUT2D eigenvalue weighted by molar-refractivity contribution is -0.143. The molecule has 8 nitrogen and oxygen atoms in total. The lowest BCUT2D eigenvalue weighted by Gasteiger charge is -2.49. The van der Waals surface area contributed by atoms with Gasteiger partial charge in [0.05, 0.1) is 18.7 Å². The van der Waals surface area contributed by atoms with Gasteiger partial charge in [0.25, 0.3) is 0 Å². The summed E-state index contributed by atoms with van der Waals surface area (Å²) in [6.45, 7) is 5.65. The van der Waals surface area contributed by atoms with Crippen LogP contribution in [0.15, 0.2) is 96.6 Å². The van der Waals surface area contributed by atoms with E-state index in [2.05, 4.69) is 93.1 Å². The Kier molecular flexibility index (Phi) is 10.2. The van der Waals surface area contributed by atoms with Gasteiger partial charge in [-0.25, -0.2) is 0 Å². The molecule has 1 atom stereocenters. The smallest absolute Gasteiger partial charge is 0.305 e.